The van der Waals surface area contributed by atoms with Crippen molar-refractivity contribution < 1.29 is 9.18 Å². The Kier molecular flexibility index (Phi) is 7.25. The average Bonchev–Trinajstić information content (AvgIpc) is 2.95. The first kappa shape index (κ1) is 19.1. The fraction of sp³-hybridized carbons (Fsp3) is 0.500. The van der Waals surface area contributed by atoms with Crippen LogP contribution in [0.1, 0.15) is 44.1 Å². The summed E-state index contributed by atoms with van der Waals surface area (Å²) in [5.41, 5.74) is 0.971. The van der Waals surface area contributed by atoms with Crippen LogP contribution in [0.5, 0.6) is 0 Å². The lowest BCUT2D eigenvalue weighted by Crippen LogP contribution is -2.35. The second-order valence-electron chi connectivity index (χ2n) is 6.40. The molecule has 0 atom stereocenters. The molecule has 1 heterocycles. The first-order valence-corrected chi connectivity index (χ1v) is 10.7. The van der Waals surface area contributed by atoms with E-state index in [0.29, 0.717) is 23.5 Å². The van der Waals surface area contributed by atoms with E-state index in [1.54, 1.807) is 12.1 Å². The van der Waals surface area contributed by atoms with Crippen LogP contribution in [0.2, 0.25) is 0 Å². The topological polar surface area (TPSA) is 66.9 Å². The molecule has 8 heteroatoms. The fourth-order valence-electron chi connectivity index (χ4n) is 2.94. The lowest BCUT2D eigenvalue weighted by atomic mass is 10.1. The quantitative estimate of drug-likeness (QED) is 0.544. The third kappa shape index (κ3) is 6.25. The first-order valence-electron chi connectivity index (χ1n) is 8.93. The minimum absolute atomic E-state index is 0.0675. The summed E-state index contributed by atoms with van der Waals surface area (Å²) in [6.45, 7) is 0.557. The Bertz CT molecular complexity index is 699. The number of rotatable bonds is 7. The van der Waals surface area contributed by atoms with E-state index in [4.69, 9.17) is 0 Å². The molecule has 0 radical (unpaired) electrons. The van der Waals surface area contributed by atoms with Gasteiger partial charge >= 0.3 is 0 Å². The number of aromatic nitrogens is 2. The molecule has 0 saturated heterocycles. The molecule has 26 heavy (non-hydrogen) atoms. The van der Waals surface area contributed by atoms with Crippen LogP contribution in [0.4, 0.5) is 9.52 Å². The Morgan fingerprint density at radius 2 is 1.88 bits per heavy atom. The molecule has 2 N–H and O–H groups in total. The zero-order valence-corrected chi connectivity index (χ0v) is 16.2. The maximum atomic E-state index is 12.9. The molecule has 1 aliphatic carbocycles. The van der Waals surface area contributed by atoms with Crippen molar-refractivity contribution in [3.63, 3.8) is 0 Å². The van der Waals surface area contributed by atoms with Crippen molar-refractivity contribution in [3.8, 4) is 0 Å². The molecule has 2 aromatic rings. The van der Waals surface area contributed by atoms with Crippen LogP contribution >= 0.6 is 23.1 Å². The van der Waals surface area contributed by atoms with Gasteiger partial charge < -0.3 is 10.6 Å². The number of hydrogen-bond donors (Lipinski definition) is 2. The van der Waals surface area contributed by atoms with Crippen molar-refractivity contribution in [2.75, 3.05) is 11.1 Å². The number of carbonyl (C=O) groups is 1. The van der Waals surface area contributed by atoms with Crippen molar-refractivity contribution in [2.45, 2.75) is 55.5 Å². The van der Waals surface area contributed by atoms with Crippen molar-refractivity contribution in [1.29, 1.82) is 0 Å². The van der Waals surface area contributed by atoms with E-state index in [2.05, 4.69) is 20.8 Å². The second-order valence-corrected chi connectivity index (χ2v) is 8.60. The predicted octanol–water partition coefficient (Wildman–Crippen LogP) is 4.22. The number of halogens is 1. The Balaban J connectivity index is 1.40. The molecule has 0 aliphatic heterocycles. The van der Waals surface area contributed by atoms with Gasteiger partial charge in [0.05, 0.1) is 5.75 Å². The van der Waals surface area contributed by atoms with E-state index < -0.39 is 0 Å². The molecule has 1 aliphatic rings. The van der Waals surface area contributed by atoms with Gasteiger partial charge in [0.1, 0.15) is 5.82 Å². The van der Waals surface area contributed by atoms with Gasteiger partial charge in [-0.25, -0.2) is 4.39 Å². The summed E-state index contributed by atoms with van der Waals surface area (Å²) < 4.78 is 13.7. The Labute approximate surface area is 161 Å². The number of benzene rings is 1. The van der Waals surface area contributed by atoms with Crippen molar-refractivity contribution in [1.82, 2.24) is 15.5 Å². The monoisotopic (exact) mass is 394 g/mol. The summed E-state index contributed by atoms with van der Waals surface area (Å²) in [6, 6.07) is 6.66. The number of nitrogens with zero attached hydrogens (tertiary/aromatic N) is 2. The van der Waals surface area contributed by atoms with Gasteiger partial charge in [0, 0.05) is 12.6 Å². The predicted molar refractivity (Wildman–Crippen MR) is 104 cm³/mol. The summed E-state index contributed by atoms with van der Waals surface area (Å²) >= 11 is 2.83. The fourth-order valence-corrected chi connectivity index (χ4v) is 4.50. The number of carbonyl (C=O) groups excluding carboxylic acids is 1. The molecule has 3 rings (SSSR count). The standard InChI is InChI=1S/C18H23FN4OS2/c19-14-9-7-13(8-10-14)11-20-17-22-23-18(26-17)25-12-16(24)21-15-5-3-1-2-4-6-15/h7-10,15H,1-6,11-12H2,(H,20,22)(H,21,24). The zero-order valence-electron chi connectivity index (χ0n) is 14.5. The number of thioether (sulfide) groups is 1. The largest absolute Gasteiger partial charge is 0.356 e. The van der Waals surface area contributed by atoms with E-state index >= 15 is 0 Å². The zero-order chi connectivity index (χ0) is 18.2. The molecule has 5 nitrogen and oxygen atoms in total. The molecule has 0 unspecified atom stereocenters. The van der Waals surface area contributed by atoms with Gasteiger partial charge in [-0.2, -0.15) is 0 Å². The SMILES string of the molecule is O=C(CSc1nnc(NCc2ccc(F)cc2)s1)NC1CCCCCC1. The Morgan fingerprint density at radius 3 is 2.62 bits per heavy atom. The highest BCUT2D eigenvalue weighted by Crippen LogP contribution is 2.26. The molecule has 0 bridgehead atoms. The molecular formula is C18H23FN4OS2. The minimum atomic E-state index is -0.245. The van der Waals surface area contributed by atoms with E-state index in [1.165, 1.54) is 60.9 Å². The van der Waals surface area contributed by atoms with Crippen LogP contribution in [0.25, 0.3) is 0 Å². The van der Waals surface area contributed by atoms with Gasteiger partial charge in [0.15, 0.2) is 4.34 Å². The van der Waals surface area contributed by atoms with Gasteiger partial charge in [-0.15, -0.1) is 10.2 Å². The van der Waals surface area contributed by atoms with Gasteiger partial charge in [-0.05, 0) is 30.5 Å². The Morgan fingerprint density at radius 1 is 1.15 bits per heavy atom. The van der Waals surface area contributed by atoms with Crippen molar-refractivity contribution >= 4 is 34.1 Å². The summed E-state index contributed by atoms with van der Waals surface area (Å²) in [4.78, 5) is 12.1. The lowest BCUT2D eigenvalue weighted by molar-refractivity contribution is -0.119. The summed E-state index contributed by atoms with van der Waals surface area (Å²) in [7, 11) is 0. The summed E-state index contributed by atoms with van der Waals surface area (Å²) in [6.07, 6.45) is 7.15. The molecule has 1 saturated carbocycles. The number of nitrogens with one attached hydrogen (secondary N) is 2. The highest BCUT2D eigenvalue weighted by atomic mass is 32.2. The van der Waals surface area contributed by atoms with Crippen LogP contribution in [-0.2, 0) is 11.3 Å². The van der Waals surface area contributed by atoms with E-state index in [-0.39, 0.29) is 11.7 Å². The van der Waals surface area contributed by atoms with Gasteiger partial charge in [0.25, 0.3) is 0 Å². The average molecular weight is 395 g/mol. The summed E-state index contributed by atoms with van der Waals surface area (Å²) in [5, 5.41) is 15.2. The van der Waals surface area contributed by atoms with E-state index in [9.17, 15) is 9.18 Å². The first-order chi connectivity index (χ1) is 12.7. The van der Waals surface area contributed by atoms with Gasteiger partial charge in [0.2, 0.25) is 11.0 Å². The van der Waals surface area contributed by atoms with Crippen LogP contribution in [0.3, 0.4) is 0 Å². The number of amides is 1. The Hall–Kier alpha value is -1.67. The normalized spacial score (nSPS) is 15.4. The highest BCUT2D eigenvalue weighted by molar-refractivity contribution is 8.01. The maximum Gasteiger partial charge on any atom is 0.230 e. The molecule has 0 spiro atoms. The molecule has 140 valence electrons. The van der Waals surface area contributed by atoms with Gasteiger partial charge in [-0.3, -0.25) is 4.79 Å². The highest BCUT2D eigenvalue weighted by Gasteiger charge is 2.15. The molecule has 1 aromatic carbocycles. The van der Waals surface area contributed by atoms with Crippen LogP contribution in [-0.4, -0.2) is 27.9 Å². The number of hydrogen-bond acceptors (Lipinski definition) is 6. The third-order valence-electron chi connectivity index (χ3n) is 4.31. The molecule has 1 fully saturated rings. The third-order valence-corrected chi connectivity index (χ3v) is 6.32. The summed E-state index contributed by atoms with van der Waals surface area (Å²) in [5.74, 6) is 0.187. The van der Waals surface area contributed by atoms with Crippen LogP contribution < -0.4 is 10.6 Å². The maximum absolute atomic E-state index is 12.9. The number of anilines is 1. The molecule has 1 amide bonds. The second kappa shape index (κ2) is 9.87. The molecule has 1 aromatic heterocycles. The van der Waals surface area contributed by atoms with Crippen LogP contribution in [0, 0.1) is 5.82 Å². The van der Waals surface area contributed by atoms with E-state index in [0.717, 1.165) is 22.7 Å². The minimum Gasteiger partial charge on any atom is -0.356 e. The molecular weight excluding hydrogens is 371 g/mol. The van der Waals surface area contributed by atoms with Crippen molar-refractivity contribution in [3.05, 3.63) is 35.6 Å². The van der Waals surface area contributed by atoms with Crippen molar-refractivity contribution in [2.24, 2.45) is 0 Å². The smallest absolute Gasteiger partial charge is 0.230 e. The lowest BCUT2D eigenvalue weighted by Gasteiger charge is -2.15. The van der Waals surface area contributed by atoms with Crippen LogP contribution in [0.15, 0.2) is 28.6 Å². The van der Waals surface area contributed by atoms with E-state index in [1.807, 2.05) is 0 Å². The van der Waals surface area contributed by atoms with Gasteiger partial charge in [-0.1, -0.05) is 60.9 Å².